The SMILES string of the molecule is COc1ccc(C=C(NC(=O)c2ccccc2)C(=O)NN=Cc2ccc(Cl)s2)cc1OC. The van der Waals surface area contributed by atoms with Gasteiger partial charge in [0.1, 0.15) is 5.70 Å². The molecule has 164 valence electrons. The molecule has 0 atom stereocenters. The van der Waals surface area contributed by atoms with Gasteiger partial charge in [0.25, 0.3) is 11.8 Å². The Morgan fingerprint density at radius 3 is 2.41 bits per heavy atom. The minimum atomic E-state index is -0.594. The lowest BCUT2D eigenvalue weighted by Crippen LogP contribution is -2.32. The maximum Gasteiger partial charge on any atom is 0.287 e. The van der Waals surface area contributed by atoms with E-state index in [1.165, 1.54) is 37.8 Å². The van der Waals surface area contributed by atoms with E-state index in [1.54, 1.807) is 60.7 Å². The Morgan fingerprint density at radius 2 is 1.75 bits per heavy atom. The quantitative estimate of drug-likeness (QED) is 0.292. The number of ether oxygens (including phenoxy) is 2. The van der Waals surface area contributed by atoms with E-state index in [-0.39, 0.29) is 5.70 Å². The number of amides is 2. The topological polar surface area (TPSA) is 89.0 Å². The highest BCUT2D eigenvalue weighted by Gasteiger charge is 2.15. The number of hydrogen-bond acceptors (Lipinski definition) is 6. The standard InChI is InChI=1S/C23H20ClN3O4S/c1-30-19-10-8-15(13-20(19)31-2)12-18(26-22(28)16-6-4-3-5-7-16)23(29)27-25-14-17-9-11-21(24)32-17/h3-14H,1-2H3,(H,26,28)(H,27,29). The van der Waals surface area contributed by atoms with Crippen molar-refractivity contribution in [2.24, 2.45) is 5.10 Å². The Balaban J connectivity index is 1.86. The van der Waals surface area contributed by atoms with Crippen LogP contribution in [0.2, 0.25) is 4.34 Å². The van der Waals surface area contributed by atoms with Crippen molar-refractivity contribution < 1.29 is 19.1 Å². The van der Waals surface area contributed by atoms with E-state index in [0.29, 0.717) is 27.0 Å². The Kier molecular flexibility index (Phi) is 8.02. The van der Waals surface area contributed by atoms with Crippen molar-refractivity contribution in [1.82, 2.24) is 10.7 Å². The molecule has 0 bridgehead atoms. The molecule has 0 spiro atoms. The molecule has 3 rings (SSSR count). The van der Waals surface area contributed by atoms with Crippen LogP contribution in [0.25, 0.3) is 6.08 Å². The minimum Gasteiger partial charge on any atom is -0.493 e. The van der Waals surface area contributed by atoms with Gasteiger partial charge in [-0.05, 0) is 48.0 Å². The number of nitrogens with zero attached hydrogens (tertiary/aromatic N) is 1. The Labute approximate surface area is 194 Å². The largest absolute Gasteiger partial charge is 0.493 e. The van der Waals surface area contributed by atoms with E-state index in [9.17, 15) is 9.59 Å². The highest BCUT2D eigenvalue weighted by atomic mass is 35.5. The fourth-order valence-electron chi connectivity index (χ4n) is 2.66. The monoisotopic (exact) mass is 469 g/mol. The van der Waals surface area contributed by atoms with Gasteiger partial charge in [0.2, 0.25) is 0 Å². The first kappa shape index (κ1) is 23.1. The number of rotatable bonds is 8. The van der Waals surface area contributed by atoms with Crippen LogP contribution in [0.15, 0.2) is 71.5 Å². The second-order valence-corrected chi connectivity index (χ2v) is 8.08. The third kappa shape index (κ3) is 6.19. The summed E-state index contributed by atoms with van der Waals surface area (Å²) in [5.41, 5.74) is 3.46. The van der Waals surface area contributed by atoms with Gasteiger partial charge in [0.15, 0.2) is 11.5 Å². The average molecular weight is 470 g/mol. The Bertz CT molecular complexity index is 1160. The molecular weight excluding hydrogens is 450 g/mol. The molecule has 0 aliphatic carbocycles. The van der Waals surface area contributed by atoms with Crippen molar-refractivity contribution >= 4 is 47.0 Å². The number of halogens is 1. The number of hydrazone groups is 1. The third-order valence-corrected chi connectivity index (χ3v) is 5.36. The number of carbonyl (C=O) groups is 2. The number of methoxy groups -OCH3 is 2. The zero-order valence-electron chi connectivity index (χ0n) is 17.3. The average Bonchev–Trinajstić information content (AvgIpc) is 3.23. The predicted molar refractivity (Wildman–Crippen MR) is 126 cm³/mol. The second kappa shape index (κ2) is 11.1. The zero-order valence-corrected chi connectivity index (χ0v) is 18.9. The number of benzene rings is 2. The molecule has 1 heterocycles. The van der Waals surface area contributed by atoms with E-state index in [4.69, 9.17) is 21.1 Å². The van der Waals surface area contributed by atoms with E-state index in [0.717, 1.165) is 4.88 Å². The summed E-state index contributed by atoms with van der Waals surface area (Å²) in [4.78, 5) is 26.2. The van der Waals surface area contributed by atoms with Crippen LogP contribution in [0.5, 0.6) is 11.5 Å². The van der Waals surface area contributed by atoms with Crippen LogP contribution in [0.1, 0.15) is 20.8 Å². The van der Waals surface area contributed by atoms with E-state index < -0.39 is 11.8 Å². The van der Waals surface area contributed by atoms with Gasteiger partial charge < -0.3 is 14.8 Å². The van der Waals surface area contributed by atoms with Crippen molar-refractivity contribution in [1.29, 1.82) is 0 Å². The summed E-state index contributed by atoms with van der Waals surface area (Å²) >= 11 is 7.22. The molecule has 2 amide bonds. The minimum absolute atomic E-state index is 0.00688. The molecule has 2 aromatic carbocycles. The van der Waals surface area contributed by atoms with Gasteiger partial charge in [0, 0.05) is 10.4 Å². The fraction of sp³-hybridized carbons (Fsp3) is 0.0870. The molecule has 0 radical (unpaired) electrons. The normalized spacial score (nSPS) is 11.3. The van der Waals surface area contributed by atoms with Crippen LogP contribution in [0.4, 0.5) is 0 Å². The number of nitrogens with one attached hydrogen (secondary N) is 2. The van der Waals surface area contributed by atoms with Gasteiger partial charge in [-0.15, -0.1) is 11.3 Å². The number of hydrogen-bond donors (Lipinski definition) is 2. The van der Waals surface area contributed by atoms with Gasteiger partial charge in [-0.25, -0.2) is 5.43 Å². The zero-order chi connectivity index (χ0) is 22.9. The lowest BCUT2D eigenvalue weighted by atomic mass is 10.1. The van der Waals surface area contributed by atoms with Crippen LogP contribution < -0.4 is 20.2 Å². The van der Waals surface area contributed by atoms with Gasteiger partial charge in [-0.1, -0.05) is 35.9 Å². The van der Waals surface area contributed by atoms with Gasteiger partial charge in [0.05, 0.1) is 24.8 Å². The molecule has 0 saturated carbocycles. The van der Waals surface area contributed by atoms with Crippen molar-refractivity contribution in [2.75, 3.05) is 14.2 Å². The van der Waals surface area contributed by atoms with Crippen LogP contribution >= 0.6 is 22.9 Å². The summed E-state index contributed by atoms with van der Waals surface area (Å²) in [7, 11) is 3.05. The lowest BCUT2D eigenvalue weighted by Gasteiger charge is -2.11. The summed E-state index contributed by atoms with van der Waals surface area (Å²) in [5, 5.41) is 6.60. The highest BCUT2D eigenvalue weighted by Crippen LogP contribution is 2.28. The first-order chi connectivity index (χ1) is 15.5. The van der Waals surface area contributed by atoms with Crippen LogP contribution in [-0.2, 0) is 4.79 Å². The number of thiophene rings is 1. The molecule has 2 N–H and O–H groups in total. The summed E-state index contributed by atoms with van der Waals surface area (Å²) in [6.07, 6.45) is 3.00. The van der Waals surface area contributed by atoms with Crippen molar-refractivity contribution in [3.63, 3.8) is 0 Å². The van der Waals surface area contributed by atoms with Gasteiger partial charge in [-0.3, -0.25) is 9.59 Å². The molecule has 1 aromatic heterocycles. The summed E-state index contributed by atoms with van der Waals surface area (Å²) in [6.45, 7) is 0. The lowest BCUT2D eigenvalue weighted by molar-refractivity contribution is -0.117. The molecule has 0 saturated heterocycles. The summed E-state index contributed by atoms with van der Waals surface area (Å²) in [6, 6.07) is 17.2. The van der Waals surface area contributed by atoms with Crippen LogP contribution in [-0.4, -0.2) is 32.2 Å². The van der Waals surface area contributed by atoms with Crippen molar-refractivity contribution in [3.05, 3.63) is 86.7 Å². The predicted octanol–water partition coefficient (Wildman–Crippen LogP) is 4.34. The first-order valence-corrected chi connectivity index (χ1v) is 10.6. The Hall–Kier alpha value is -3.62. The summed E-state index contributed by atoms with van der Waals surface area (Å²) < 4.78 is 11.2. The molecule has 0 aliphatic heterocycles. The highest BCUT2D eigenvalue weighted by molar-refractivity contribution is 7.17. The summed E-state index contributed by atoms with van der Waals surface area (Å²) in [5.74, 6) is 0.00985. The third-order valence-electron chi connectivity index (χ3n) is 4.20. The van der Waals surface area contributed by atoms with Crippen LogP contribution in [0, 0.1) is 0 Å². The maximum absolute atomic E-state index is 12.8. The fourth-order valence-corrected chi connectivity index (χ4v) is 3.60. The second-order valence-electron chi connectivity index (χ2n) is 6.33. The molecule has 0 aliphatic rings. The van der Waals surface area contributed by atoms with Crippen molar-refractivity contribution in [3.8, 4) is 11.5 Å². The smallest absolute Gasteiger partial charge is 0.287 e. The van der Waals surface area contributed by atoms with E-state index in [1.807, 2.05) is 0 Å². The molecular formula is C23H20ClN3O4S. The molecule has 0 unspecified atom stereocenters. The van der Waals surface area contributed by atoms with Gasteiger partial charge in [-0.2, -0.15) is 5.10 Å². The van der Waals surface area contributed by atoms with E-state index in [2.05, 4.69) is 15.8 Å². The van der Waals surface area contributed by atoms with Crippen molar-refractivity contribution in [2.45, 2.75) is 0 Å². The van der Waals surface area contributed by atoms with Crippen LogP contribution in [0.3, 0.4) is 0 Å². The molecule has 3 aromatic rings. The molecule has 9 heteroatoms. The number of carbonyl (C=O) groups excluding carboxylic acids is 2. The van der Waals surface area contributed by atoms with E-state index >= 15 is 0 Å². The maximum atomic E-state index is 12.8. The van der Waals surface area contributed by atoms with Gasteiger partial charge >= 0.3 is 0 Å². The molecule has 7 nitrogen and oxygen atoms in total. The first-order valence-electron chi connectivity index (χ1n) is 9.39. The molecule has 32 heavy (non-hydrogen) atoms. The molecule has 0 fully saturated rings. The Morgan fingerprint density at radius 1 is 1.00 bits per heavy atom.